The van der Waals surface area contributed by atoms with Crippen LogP contribution in [-0.4, -0.2) is 7.05 Å². The Morgan fingerprint density at radius 3 is 2.53 bits per heavy atom. The highest BCUT2D eigenvalue weighted by molar-refractivity contribution is 5.58. The quantitative estimate of drug-likeness (QED) is 0.873. The number of benzene rings is 2. The molecule has 0 aliphatic rings. The zero-order valence-electron chi connectivity index (χ0n) is 11.3. The van der Waals surface area contributed by atoms with Crippen molar-refractivity contribution in [3.8, 4) is 0 Å². The van der Waals surface area contributed by atoms with Crippen molar-refractivity contribution in [2.24, 2.45) is 0 Å². The average Bonchev–Trinajstić information content (AvgIpc) is 2.41. The van der Waals surface area contributed by atoms with Crippen LogP contribution in [0.3, 0.4) is 0 Å². The molecule has 0 amide bonds. The largest absolute Gasteiger partial charge is 0.394 e. The molecule has 0 aliphatic heterocycles. The van der Waals surface area contributed by atoms with E-state index in [1.165, 1.54) is 11.6 Å². The van der Waals surface area contributed by atoms with E-state index in [4.69, 9.17) is 0 Å². The molecule has 2 aromatic carbocycles. The standard InChI is InChI=1S/C17H18FN/c1-13-6-5-8-14(16(13)10-11-19-2)12-15-7-3-4-9-17(15)18/h3-11,19H,12H2,1-2H3/b11-10-. The smallest absolute Gasteiger partial charge is 0.126 e. The molecule has 2 heteroatoms. The lowest BCUT2D eigenvalue weighted by Gasteiger charge is -2.10. The van der Waals surface area contributed by atoms with E-state index in [-0.39, 0.29) is 5.82 Å². The summed E-state index contributed by atoms with van der Waals surface area (Å²) >= 11 is 0. The lowest BCUT2D eigenvalue weighted by atomic mass is 9.96. The number of rotatable bonds is 4. The Labute approximate surface area is 113 Å². The molecule has 0 spiro atoms. The Balaban J connectivity index is 2.37. The molecule has 0 saturated heterocycles. The molecule has 0 bridgehead atoms. The molecular weight excluding hydrogens is 237 g/mol. The Hall–Kier alpha value is -2.09. The molecule has 0 aliphatic carbocycles. The summed E-state index contributed by atoms with van der Waals surface area (Å²) < 4.78 is 13.7. The molecule has 0 heterocycles. The van der Waals surface area contributed by atoms with Gasteiger partial charge >= 0.3 is 0 Å². The second-order valence-corrected chi connectivity index (χ2v) is 4.54. The lowest BCUT2D eigenvalue weighted by molar-refractivity contribution is 0.614. The molecule has 0 radical (unpaired) electrons. The SMILES string of the molecule is CN/C=C\c1c(C)cccc1Cc1ccccc1F. The molecule has 1 nitrogen and oxygen atoms in total. The van der Waals surface area contributed by atoms with Crippen LogP contribution in [-0.2, 0) is 6.42 Å². The predicted molar refractivity (Wildman–Crippen MR) is 78.5 cm³/mol. The van der Waals surface area contributed by atoms with Gasteiger partial charge in [-0.05, 0) is 47.5 Å². The van der Waals surface area contributed by atoms with Crippen molar-refractivity contribution in [2.45, 2.75) is 13.3 Å². The Bertz CT molecular complexity index is 588. The van der Waals surface area contributed by atoms with E-state index in [0.29, 0.717) is 6.42 Å². The molecule has 0 saturated carbocycles. The minimum absolute atomic E-state index is 0.146. The maximum Gasteiger partial charge on any atom is 0.126 e. The van der Waals surface area contributed by atoms with Gasteiger partial charge < -0.3 is 5.32 Å². The zero-order valence-corrected chi connectivity index (χ0v) is 11.3. The van der Waals surface area contributed by atoms with Crippen molar-refractivity contribution in [3.05, 3.63) is 76.7 Å². The average molecular weight is 255 g/mol. The molecule has 1 N–H and O–H groups in total. The van der Waals surface area contributed by atoms with Crippen LogP contribution < -0.4 is 5.32 Å². The van der Waals surface area contributed by atoms with Crippen LogP contribution in [0.4, 0.5) is 4.39 Å². The van der Waals surface area contributed by atoms with Gasteiger partial charge in [0, 0.05) is 13.5 Å². The van der Waals surface area contributed by atoms with Crippen molar-refractivity contribution < 1.29 is 4.39 Å². The molecule has 2 rings (SSSR count). The normalized spacial score (nSPS) is 10.9. The molecule has 98 valence electrons. The fourth-order valence-electron chi connectivity index (χ4n) is 2.15. The number of hydrogen-bond donors (Lipinski definition) is 1. The summed E-state index contributed by atoms with van der Waals surface area (Å²) in [4.78, 5) is 0. The van der Waals surface area contributed by atoms with Gasteiger partial charge in [-0.25, -0.2) is 4.39 Å². The summed E-state index contributed by atoms with van der Waals surface area (Å²) in [7, 11) is 1.87. The number of nitrogens with one attached hydrogen (secondary N) is 1. The molecule has 0 aromatic heterocycles. The van der Waals surface area contributed by atoms with E-state index in [1.807, 2.05) is 37.5 Å². The fourth-order valence-corrected chi connectivity index (χ4v) is 2.15. The summed E-state index contributed by atoms with van der Waals surface area (Å²) in [5, 5.41) is 2.99. The summed E-state index contributed by atoms with van der Waals surface area (Å²) in [6.45, 7) is 2.07. The lowest BCUT2D eigenvalue weighted by Crippen LogP contribution is -1.98. The zero-order chi connectivity index (χ0) is 13.7. The van der Waals surface area contributed by atoms with Gasteiger partial charge in [-0.1, -0.05) is 36.4 Å². The Kier molecular flexibility index (Phi) is 4.35. The number of halogens is 1. The van der Waals surface area contributed by atoms with Crippen molar-refractivity contribution in [2.75, 3.05) is 7.05 Å². The number of hydrogen-bond acceptors (Lipinski definition) is 1. The Morgan fingerprint density at radius 1 is 1.05 bits per heavy atom. The van der Waals surface area contributed by atoms with Gasteiger partial charge in [-0.3, -0.25) is 0 Å². The van der Waals surface area contributed by atoms with Crippen molar-refractivity contribution in [3.63, 3.8) is 0 Å². The molecule has 2 aromatic rings. The van der Waals surface area contributed by atoms with Gasteiger partial charge in [0.1, 0.15) is 5.82 Å². The van der Waals surface area contributed by atoms with Gasteiger partial charge in [0.15, 0.2) is 0 Å². The van der Waals surface area contributed by atoms with E-state index in [0.717, 1.165) is 16.7 Å². The first-order valence-electron chi connectivity index (χ1n) is 6.38. The first kappa shape index (κ1) is 13.3. The van der Waals surface area contributed by atoms with E-state index in [2.05, 4.69) is 24.4 Å². The monoisotopic (exact) mass is 255 g/mol. The Morgan fingerprint density at radius 2 is 1.79 bits per heavy atom. The maximum absolute atomic E-state index is 13.7. The van der Waals surface area contributed by atoms with Crippen LogP contribution in [0.2, 0.25) is 0 Å². The predicted octanol–water partition coefficient (Wildman–Crippen LogP) is 3.92. The number of aryl methyl sites for hydroxylation is 1. The van der Waals surface area contributed by atoms with Gasteiger partial charge in [-0.15, -0.1) is 0 Å². The van der Waals surface area contributed by atoms with E-state index < -0.39 is 0 Å². The first-order chi connectivity index (χ1) is 9.22. The van der Waals surface area contributed by atoms with Crippen molar-refractivity contribution >= 4 is 6.08 Å². The summed E-state index contributed by atoms with van der Waals surface area (Å²) in [6, 6.07) is 13.1. The van der Waals surface area contributed by atoms with Gasteiger partial charge in [-0.2, -0.15) is 0 Å². The molecule has 0 unspecified atom stereocenters. The van der Waals surface area contributed by atoms with Crippen molar-refractivity contribution in [1.29, 1.82) is 0 Å². The highest BCUT2D eigenvalue weighted by atomic mass is 19.1. The third kappa shape index (κ3) is 3.22. The first-order valence-corrected chi connectivity index (χ1v) is 6.38. The van der Waals surface area contributed by atoms with Gasteiger partial charge in [0.05, 0.1) is 0 Å². The fraction of sp³-hybridized carbons (Fsp3) is 0.176. The summed E-state index contributed by atoms with van der Waals surface area (Å²) in [5.41, 5.74) is 4.21. The third-order valence-electron chi connectivity index (χ3n) is 3.17. The minimum atomic E-state index is -0.146. The van der Waals surface area contributed by atoms with E-state index in [1.54, 1.807) is 6.07 Å². The van der Waals surface area contributed by atoms with Crippen LogP contribution in [0.25, 0.3) is 6.08 Å². The summed E-state index contributed by atoms with van der Waals surface area (Å²) in [6.07, 6.45) is 4.54. The van der Waals surface area contributed by atoms with Gasteiger partial charge in [0.2, 0.25) is 0 Å². The summed E-state index contributed by atoms with van der Waals surface area (Å²) in [5.74, 6) is -0.146. The van der Waals surface area contributed by atoms with Crippen LogP contribution in [0, 0.1) is 12.7 Å². The van der Waals surface area contributed by atoms with Crippen LogP contribution in [0.5, 0.6) is 0 Å². The van der Waals surface area contributed by atoms with Gasteiger partial charge in [0.25, 0.3) is 0 Å². The molecule has 0 atom stereocenters. The van der Waals surface area contributed by atoms with Crippen LogP contribution in [0.15, 0.2) is 48.7 Å². The molecule has 0 fully saturated rings. The van der Waals surface area contributed by atoms with Crippen LogP contribution >= 0.6 is 0 Å². The van der Waals surface area contributed by atoms with Crippen molar-refractivity contribution in [1.82, 2.24) is 5.32 Å². The third-order valence-corrected chi connectivity index (χ3v) is 3.17. The topological polar surface area (TPSA) is 12.0 Å². The van der Waals surface area contributed by atoms with E-state index in [9.17, 15) is 4.39 Å². The molecular formula is C17H18FN. The van der Waals surface area contributed by atoms with Crippen LogP contribution in [0.1, 0.15) is 22.3 Å². The maximum atomic E-state index is 13.7. The highest BCUT2D eigenvalue weighted by Crippen LogP contribution is 2.20. The second kappa shape index (κ2) is 6.19. The molecule has 19 heavy (non-hydrogen) atoms. The second-order valence-electron chi connectivity index (χ2n) is 4.54. The van der Waals surface area contributed by atoms with E-state index >= 15 is 0 Å². The highest BCUT2D eigenvalue weighted by Gasteiger charge is 2.06. The minimum Gasteiger partial charge on any atom is -0.394 e.